The molecule has 0 atom stereocenters. The lowest BCUT2D eigenvalue weighted by Gasteiger charge is -2.13. The molecule has 0 N–H and O–H groups in total. The number of hydrogen-bond acceptors (Lipinski definition) is 6. The summed E-state index contributed by atoms with van der Waals surface area (Å²) in [5, 5.41) is 11.2. The Balaban J connectivity index is 1.71. The molecule has 2 aromatic heterocycles. The van der Waals surface area contributed by atoms with Crippen molar-refractivity contribution in [2.75, 3.05) is 7.11 Å². The highest BCUT2D eigenvalue weighted by atomic mass is 16.6. The predicted octanol–water partition coefficient (Wildman–Crippen LogP) is 2.72. The number of benzene rings is 2. The van der Waals surface area contributed by atoms with Crippen LogP contribution >= 0.6 is 0 Å². The zero-order chi connectivity index (χ0) is 23.1. The molecule has 1 saturated carbocycles. The molecule has 2 heterocycles. The van der Waals surface area contributed by atoms with Crippen LogP contribution in [0.5, 0.6) is 5.75 Å². The van der Waals surface area contributed by atoms with E-state index < -0.39 is 16.2 Å². The van der Waals surface area contributed by atoms with E-state index >= 15 is 0 Å². The number of nitro groups is 1. The largest absolute Gasteiger partial charge is 0.497 e. The monoisotopic (exact) mass is 447 g/mol. The van der Waals surface area contributed by atoms with Crippen molar-refractivity contribution in [1.82, 2.24) is 18.7 Å². The second-order valence-electron chi connectivity index (χ2n) is 8.15. The maximum absolute atomic E-state index is 13.4. The standard InChI is InChI=1S/C23H21N5O5/c1-33-19-7-3-5-17(11-19)27-21-20(22(29)26(23(27)30)13-15-8-9-15)25(14-24-21)12-16-4-2-6-18(10-16)28(31)32/h2-7,10-11,14-15H,8-9,12-13H2,1H3. The Morgan fingerprint density at radius 3 is 2.67 bits per heavy atom. The number of hydrogen-bond donors (Lipinski definition) is 0. The topological polar surface area (TPSA) is 114 Å². The highest BCUT2D eigenvalue weighted by Crippen LogP contribution is 2.30. The Kier molecular flexibility index (Phi) is 5.04. The molecular formula is C23H21N5O5. The smallest absolute Gasteiger partial charge is 0.337 e. The summed E-state index contributed by atoms with van der Waals surface area (Å²) in [6.45, 7) is 0.548. The molecule has 10 heteroatoms. The fourth-order valence-electron chi connectivity index (χ4n) is 3.97. The van der Waals surface area contributed by atoms with Gasteiger partial charge in [-0.3, -0.25) is 19.5 Å². The number of ether oxygens (including phenoxy) is 1. The van der Waals surface area contributed by atoms with E-state index in [9.17, 15) is 19.7 Å². The first kappa shape index (κ1) is 20.7. The van der Waals surface area contributed by atoms with Gasteiger partial charge in [0.1, 0.15) is 5.75 Å². The molecule has 33 heavy (non-hydrogen) atoms. The van der Waals surface area contributed by atoms with Gasteiger partial charge in [0, 0.05) is 31.3 Å². The molecule has 0 spiro atoms. The van der Waals surface area contributed by atoms with Gasteiger partial charge < -0.3 is 9.30 Å². The highest BCUT2D eigenvalue weighted by Gasteiger charge is 2.26. The van der Waals surface area contributed by atoms with Crippen LogP contribution < -0.4 is 16.0 Å². The lowest BCUT2D eigenvalue weighted by molar-refractivity contribution is -0.384. The first-order chi connectivity index (χ1) is 16.0. The summed E-state index contributed by atoms with van der Waals surface area (Å²) in [5.41, 5.74) is 0.791. The fourth-order valence-corrected chi connectivity index (χ4v) is 3.97. The summed E-state index contributed by atoms with van der Waals surface area (Å²) >= 11 is 0. The molecule has 0 bridgehead atoms. The summed E-state index contributed by atoms with van der Waals surface area (Å²) in [6, 6.07) is 13.2. The van der Waals surface area contributed by atoms with Crippen LogP contribution in [0.25, 0.3) is 16.9 Å². The van der Waals surface area contributed by atoms with E-state index in [-0.39, 0.29) is 23.4 Å². The Labute approximate surface area is 187 Å². The third kappa shape index (κ3) is 3.79. The van der Waals surface area contributed by atoms with Gasteiger partial charge in [-0.25, -0.2) is 14.3 Å². The average Bonchev–Trinajstić information content (AvgIpc) is 3.55. The second-order valence-corrected chi connectivity index (χ2v) is 8.15. The van der Waals surface area contributed by atoms with Crippen LogP contribution in [0.4, 0.5) is 5.69 Å². The Bertz CT molecular complexity index is 1500. The van der Waals surface area contributed by atoms with E-state index in [2.05, 4.69) is 4.98 Å². The van der Waals surface area contributed by atoms with Crippen molar-refractivity contribution in [2.45, 2.75) is 25.9 Å². The number of imidazole rings is 1. The molecule has 1 aliphatic rings. The van der Waals surface area contributed by atoms with E-state index in [1.165, 1.54) is 27.6 Å². The van der Waals surface area contributed by atoms with E-state index in [0.29, 0.717) is 29.5 Å². The molecule has 0 aliphatic heterocycles. The van der Waals surface area contributed by atoms with Gasteiger partial charge in [-0.2, -0.15) is 0 Å². The van der Waals surface area contributed by atoms with Crippen molar-refractivity contribution in [1.29, 1.82) is 0 Å². The number of nitro benzene ring substituents is 1. The predicted molar refractivity (Wildman–Crippen MR) is 121 cm³/mol. The van der Waals surface area contributed by atoms with Crippen LogP contribution in [-0.4, -0.2) is 30.7 Å². The number of rotatable bonds is 7. The molecule has 0 amide bonds. The summed E-state index contributed by atoms with van der Waals surface area (Å²) in [5.74, 6) is 0.878. The number of nitrogens with zero attached hydrogens (tertiary/aromatic N) is 5. The molecule has 1 fully saturated rings. The van der Waals surface area contributed by atoms with Gasteiger partial charge in [-0.1, -0.05) is 18.2 Å². The molecule has 0 radical (unpaired) electrons. The minimum atomic E-state index is -0.460. The number of fused-ring (bicyclic) bond motifs is 1. The quantitative estimate of drug-likeness (QED) is 0.318. The Morgan fingerprint density at radius 2 is 1.94 bits per heavy atom. The zero-order valence-corrected chi connectivity index (χ0v) is 17.9. The molecule has 1 aliphatic carbocycles. The van der Waals surface area contributed by atoms with Crippen molar-refractivity contribution >= 4 is 16.9 Å². The van der Waals surface area contributed by atoms with Crippen LogP contribution in [0.15, 0.2) is 64.4 Å². The molecule has 5 rings (SSSR count). The van der Waals surface area contributed by atoms with Crippen molar-refractivity contribution in [3.8, 4) is 11.4 Å². The zero-order valence-electron chi connectivity index (χ0n) is 17.9. The molecule has 0 saturated heterocycles. The molecular weight excluding hydrogens is 426 g/mol. The second kappa shape index (κ2) is 8.05. The summed E-state index contributed by atoms with van der Waals surface area (Å²) < 4.78 is 9.63. The molecule has 168 valence electrons. The maximum Gasteiger partial charge on any atom is 0.337 e. The van der Waals surface area contributed by atoms with Gasteiger partial charge in [0.25, 0.3) is 11.2 Å². The minimum Gasteiger partial charge on any atom is -0.497 e. The lowest BCUT2D eigenvalue weighted by atomic mass is 10.2. The van der Waals surface area contributed by atoms with Gasteiger partial charge in [-0.05, 0) is 36.5 Å². The maximum atomic E-state index is 13.4. The third-order valence-electron chi connectivity index (χ3n) is 5.82. The highest BCUT2D eigenvalue weighted by molar-refractivity contribution is 5.72. The average molecular weight is 447 g/mol. The van der Waals surface area contributed by atoms with Crippen LogP contribution in [0.2, 0.25) is 0 Å². The van der Waals surface area contributed by atoms with E-state index in [0.717, 1.165) is 12.8 Å². The number of aromatic nitrogens is 4. The van der Waals surface area contributed by atoms with Crippen molar-refractivity contribution in [3.63, 3.8) is 0 Å². The van der Waals surface area contributed by atoms with Crippen molar-refractivity contribution < 1.29 is 9.66 Å². The van der Waals surface area contributed by atoms with E-state index in [1.54, 1.807) is 48.1 Å². The lowest BCUT2D eigenvalue weighted by Crippen LogP contribution is -2.40. The van der Waals surface area contributed by atoms with Gasteiger partial charge in [0.15, 0.2) is 11.2 Å². The van der Waals surface area contributed by atoms with Gasteiger partial charge in [0.05, 0.1) is 24.0 Å². The molecule has 4 aromatic rings. The molecule has 2 aromatic carbocycles. The Morgan fingerprint density at radius 1 is 1.15 bits per heavy atom. The van der Waals surface area contributed by atoms with Gasteiger partial charge in [0.2, 0.25) is 0 Å². The third-order valence-corrected chi connectivity index (χ3v) is 5.82. The van der Waals surface area contributed by atoms with Crippen molar-refractivity contribution in [2.24, 2.45) is 5.92 Å². The first-order valence-corrected chi connectivity index (χ1v) is 10.5. The summed E-state index contributed by atoms with van der Waals surface area (Å²) in [4.78, 5) is 41.9. The number of methoxy groups -OCH3 is 1. The van der Waals surface area contributed by atoms with Gasteiger partial charge >= 0.3 is 5.69 Å². The normalized spacial score (nSPS) is 13.4. The van der Waals surface area contributed by atoms with Crippen LogP contribution in [0, 0.1) is 16.0 Å². The van der Waals surface area contributed by atoms with Crippen LogP contribution in [0.3, 0.4) is 0 Å². The van der Waals surface area contributed by atoms with E-state index in [4.69, 9.17) is 4.74 Å². The van der Waals surface area contributed by atoms with E-state index in [1.807, 2.05) is 0 Å². The number of non-ortho nitro benzene ring substituents is 1. The van der Waals surface area contributed by atoms with Crippen molar-refractivity contribution in [3.05, 3.63) is 91.4 Å². The van der Waals surface area contributed by atoms with Crippen LogP contribution in [-0.2, 0) is 13.1 Å². The summed E-state index contributed by atoms with van der Waals surface area (Å²) in [7, 11) is 1.54. The SMILES string of the molecule is COc1cccc(-n2c(=O)n(CC3CC3)c(=O)c3c2ncn3Cc2cccc([N+](=O)[O-])c2)c1. The Hall–Kier alpha value is -4.21. The van der Waals surface area contributed by atoms with Gasteiger partial charge in [-0.15, -0.1) is 0 Å². The summed E-state index contributed by atoms with van der Waals surface area (Å²) in [6.07, 6.45) is 3.45. The molecule has 0 unspecified atom stereocenters. The van der Waals surface area contributed by atoms with Crippen LogP contribution in [0.1, 0.15) is 18.4 Å². The minimum absolute atomic E-state index is 0.0312. The fraction of sp³-hybridized carbons (Fsp3) is 0.261. The first-order valence-electron chi connectivity index (χ1n) is 10.5. The molecule has 10 nitrogen and oxygen atoms in total.